The molecule has 1 unspecified atom stereocenters. The van der Waals surface area contributed by atoms with Crippen molar-refractivity contribution in [2.45, 2.75) is 69.9 Å². The maximum Gasteiger partial charge on any atom is 0.243 e. The maximum absolute atomic E-state index is 13.6. The van der Waals surface area contributed by atoms with Crippen molar-refractivity contribution in [2.24, 2.45) is 5.92 Å². The molecule has 1 aliphatic rings. The van der Waals surface area contributed by atoms with Crippen molar-refractivity contribution in [3.63, 3.8) is 0 Å². The molecule has 2 amide bonds. The lowest BCUT2D eigenvalue weighted by molar-refractivity contribution is -0.138. The van der Waals surface area contributed by atoms with Crippen molar-refractivity contribution < 1.29 is 14.3 Å². The summed E-state index contributed by atoms with van der Waals surface area (Å²) < 4.78 is 5.70. The van der Waals surface area contributed by atoms with E-state index in [2.05, 4.69) is 43.4 Å². The van der Waals surface area contributed by atoms with Gasteiger partial charge in [-0.1, -0.05) is 111 Å². The predicted octanol–water partition coefficient (Wildman–Crippen LogP) is 6.68. The smallest absolute Gasteiger partial charge is 0.243 e. The molecule has 1 aliphatic heterocycles. The predicted molar refractivity (Wildman–Crippen MR) is 161 cm³/mol. The van der Waals surface area contributed by atoms with Crippen LogP contribution >= 0.6 is 0 Å². The highest BCUT2D eigenvalue weighted by atomic mass is 16.5. The Morgan fingerprint density at radius 1 is 0.900 bits per heavy atom. The Morgan fingerprint density at radius 3 is 2.02 bits per heavy atom. The van der Waals surface area contributed by atoms with Crippen LogP contribution in [0, 0.1) is 5.92 Å². The number of rotatable bonds is 13. The molecule has 0 saturated carbocycles. The third-order valence-corrected chi connectivity index (χ3v) is 8.55. The molecule has 5 nitrogen and oxygen atoms in total. The number of carbonyl (C=O) groups is 2. The molecule has 3 aromatic rings. The molecule has 0 spiro atoms. The van der Waals surface area contributed by atoms with Gasteiger partial charge in [0.1, 0.15) is 6.04 Å². The normalized spacial score (nSPS) is 16.7. The molecule has 4 rings (SSSR count). The fraction of sp³-hybridized carbons (Fsp3) is 0.429. The van der Waals surface area contributed by atoms with Gasteiger partial charge in [-0.25, -0.2) is 0 Å². The first kappa shape index (κ1) is 29.5. The van der Waals surface area contributed by atoms with Gasteiger partial charge in [0.25, 0.3) is 0 Å². The monoisotopic (exact) mass is 540 g/mol. The highest BCUT2D eigenvalue weighted by Crippen LogP contribution is 2.38. The van der Waals surface area contributed by atoms with E-state index in [1.807, 2.05) is 71.6 Å². The maximum atomic E-state index is 13.6. The average molecular weight is 541 g/mol. The number of hydrogen-bond acceptors (Lipinski definition) is 3. The first-order valence-electron chi connectivity index (χ1n) is 14.7. The van der Waals surface area contributed by atoms with E-state index in [4.69, 9.17) is 4.74 Å². The van der Waals surface area contributed by atoms with Crippen LogP contribution in [-0.2, 0) is 19.7 Å². The molecule has 1 N–H and O–H groups in total. The van der Waals surface area contributed by atoms with E-state index in [0.717, 1.165) is 36.8 Å². The summed E-state index contributed by atoms with van der Waals surface area (Å²) in [5.41, 5.74) is 3.27. The largest absolute Gasteiger partial charge is 0.384 e. The van der Waals surface area contributed by atoms with Crippen LogP contribution in [0.1, 0.15) is 75.1 Å². The van der Waals surface area contributed by atoms with Crippen molar-refractivity contribution in [2.75, 3.05) is 20.3 Å². The van der Waals surface area contributed by atoms with E-state index < -0.39 is 6.04 Å². The van der Waals surface area contributed by atoms with Gasteiger partial charge in [-0.2, -0.15) is 0 Å². The molecule has 0 aliphatic carbocycles. The van der Waals surface area contributed by atoms with Gasteiger partial charge in [0, 0.05) is 25.5 Å². The van der Waals surface area contributed by atoms with E-state index in [-0.39, 0.29) is 23.3 Å². The second kappa shape index (κ2) is 14.3. The van der Waals surface area contributed by atoms with Crippen LogP contribution < -0.4 is 5.32 Å². The lowest BCUT2D eigenvalue weighted by Gasteiger charge is -2.38. The highest BCUT2D eigenvalue weighted by Gasteiger charge is 2.37. The standard InChI is InChI=1S/C35H44N2O3/c1-27(2)35(26-40-3,30-20-11-6-12-21-30)24-14-13-23-32(38)37-25-15-22-31(37)34(39)36-33(28-16-7-4-8-17-28)29-18-9-5-10-19-29/h4-12,16-21,27,31,33H,13-15,22-26H2,1-3H3,(H,36,39)/t31-,35?/m0/s1. The molecule has 0 aromatic heterocycles. The number of amides is 2. The molecule has 0 bridgehead atoms. The lowest BCUT2D eigenvalue weighted by atomic mass is 9.69. The first-order chi connectivity index (χ1) is 19.5. The van der Waals surface area contributed by atoms with E-state index in [0.29, 0.717) is 31.9 Å². The quantitative estimate of drug-likeness (QED) is 0.246. The summed E-state index contributed by atoms with van der Waals surface area (Å²) >= 11 is 0. The van der Waals surface area contributed by atoms with Gasteiger partial charge in [0.05, 0.1) is 12.6 Å². The van der Waals surface area contributed by atoms with Crippen LogP contribution in [0.15, 0.2) is 91.0 Å². The van der Waals surface area contributed by atoms with Gasteiger partial charge in [-0.3, -0.25) is 9.59 Å². The summed E-state index contributed by atoms with van der Waals surface area (Å²) in [6, 6.07) is 30.0. The number of methoxy groups -OCH3 is 1. The number of hydrogen-bond donors (Lipinski definition) is 1. The molecule has 5 heteroatoms. The third kappa shape index (κ3) is 7.00. The second-order valence-electron chi connectivity index (χ2n) is 11.3. The number of benzene rings is 3. The zero-order valence-electron chi connectivity index (χ0n) is 24.2. The number of ether oxygens (including phenoxy) is 1. The molecule has 0 radical (unpaired) electrons. The SMILES string of the molecule is COCC(CCCCC(=O)N1CCC[C@H]1C(=O)NC(c1ccccc1)c1ccccc1)(c1ccccc1)C(C)C. The number of unbranched alkanes of at least 4 members (excludes halogenated alkanes) is 1. The van der Waals surface area contributed by atoms with Crippen molar-refractivity contribution in [3.8, 4) is 0 Å². The summed E-state index contributed by atoms with van der Waals surface area (Å²) in [5, 5.41) is 3.26. The Labute approximate surface area is 239 Å². The Hall–Kier alpha value is -3.44. The van der Waals surface area contributed by atoms with E-state index >= 15 is 0 Å². The summed E-state index contributed by atoms with van der Waals surface area (Å²) in [5.74, 6) is 0.404. The minimum Gasteiger partial charge on any atom is -0.384 e. The Balaban J connectivity index is 1.38. The topological polar surface area (TPSA) is 58.6 Å². The van der Waals surface area contributed by atoms with Gasteiger partial charge >= 0.3 is 0 Å². The highest BCUT2D eigenvalue weighted by molar-refractivity contribution is 5.88. The minimum absolute atomic E-state index is 0.0773. The third-order valence-electron chi connectivity index (χ3n) is 8.55. The van der Waals surface area contributed by atoms with Gasteiger partial charge in [0.15, 0.2) is 0 Å². The van der Waals surface area contributed by atoms with Gasteiger partial charge < -0.3 is 15.0 Å². The molecule has 1 fully saturated rings. The molecular formula is C35H44N2O3. The number of likely N-dealkylation sites (tertiary alicyclic amines) is 1. The molecule has 2 atom stereocenters. The average Bonchev–Trinajstić information content (AvgIpc) is 3.49. The first-order valence-corrected chi connectivity index (χ1v) is 14.7. The van der Waals surface area contributed by atoms with E-state index in [1.54, 1.807) is 7.11 Å². The summed E-state index contributed by atoms with van der Waals surface area (Å²) in [6.45, 7) is 5.80. The molecular weight excluding hydrogens is 496 g/mol. The van der Waals surface area contributed by atoms with E-state index in [1.165, 1.54) is 5.56 Å². The number of carbonyl (C=O) groups excluding carboxylic acids is 2. The van der Waals surface area contributed by atoms with Gasteiger partial charge in [-0.15, -0.1) is 0 Å². The van der Waals surface area contributed by atoms with Crippen LogP contribution in [0.25, 0.3) is 0 Å². The van der Waals surface area contributed by atoms with Crippen LogP contribution in [0.5, 0.6) is 0 Å². The van der Waals surface area contributed by atoms with Crippen LogP contribution in [0.3, 0.4) is 0 Å². The molecule has 212 valence electrons. The zero-order chi connectivity index (χ0) is 28.4. The van der Waals surface area contributed by atoms with Gasteiger partial charge in [-0.05, 0) is 48.3 Å². The fourth-order valence-electron chi connectivity index (χ4n) is 6.20. The summed E-state index contributed by atoms with van der Waals surface area (Å²) in [4.78, 5) is 28.7. The Kier molecular flexibility index (Phi) is 10.5. The Morgan fingerprint density at radius 2 is 1.48 bits per heavy atom. The van der Waals surface area contributed by atoms with Crippen LogP contribution in [0.4, 0.5) is 0 Å². The molecule has 1 heterocycles. The van der Waals surface area contributed by atoms with Crippen LogP contribution in [-0.4, -0.2) is 43.0 Å². The van der Waals surface area contributed by atoms with Crippen LogP contribution in [0.2, 0.25) is 0 Å². The second-order valence-corrected chi connectivity index (χ2v) is 11.3. The minimum atomic E-state index is -0.421. The number of nitrogens with one attached hydrogen (secondary N) is 1. The number of nitrogens with zero attached hydrogens (tertiary/aromatic N) is 1. The van der Waals surface area contributed by atoms with Gasteiger partial charge in [0.2, 0.25) is 11.8 Å². The molecule has 40 heavy (non-hydrogen) atoms. The van der Waals surface area contributed by atoms with Crippen molar-refractivity contribution >= 4 is 11.8 Å². The molecule has 3 aromatic carbocycles. The van der Waals surface area contributed by atoms with Crippen molar-refractivity contribution in [1.82, 2.24) is 10.2 Å². The summed E-state index contributed by atoms with van der Waals surface area (Å²) in [7, 11) is 1.77. The van der Waals surface area contributed by atoms with E-state index in [9.17, 15) is 9.59 Å². The molecule has 1 saturated heterocycles. The Bertz CT molecular complexity index is 1160. The van der Waals surface area contributed by atoms with Crippen molar-refractivity contribution in [3.05, 3.63) is 108 Å². The zero-order valence-corrected chi connectivity index (χ0v) is 24.2. The van der Waals surface area contributed by atoms with Crippen molar-refractivity contribution in [1.29, 1.82) is 0 Å². The fourth-order valence-corrected chi connectivity index (χ4v) is 6.20. The summed E-state index contributed by atoms with van der Waals surface area (Å²) in [6.07, 6.45) is 4.69. The lowest BCUT2D eigenvalue weighted by Crippen LogP contribution is -2.47.